The highest BCUT2D eigenvalue weighted by molar-refractivity contribution is 5.94. The van der Waals surface area contributed by atoms with Crippen LogP contribution in [0.1, 0.15) is 47.8 Å². The average molecular weight is 318 g/mol. The third-order valence-corrected chi connectivity index (χ3v) is 4.84. The van der Waals surface area contributed by atoms with Gasteiger partial charge in [-0.15, -0.1) is 0 Å². The number of fused-ring (bicyclic) bond motifs is 1. The summed E-state index contributed by atoms with van der Waals surface area (Å²) in [6.07, 6.45) is 1.71. The monoisotopic (exact) mass is 318 g/mol. The van der Waals surface area contributed by atoms with Gasteiger partial charge in [-0.3, -0.25) is 4.79 Å². The van der Waals surface area contributed by atoms with Crippen molar-refractivity contribution in [1.82, 2.24) is 5.32 Å². The Morgan fingerprint density at radius 1 is 1.08 bits per heavy atom. The second-order valence-corrected chi connectivity index (χ2v) is 7.45. The molecule has 3 nitrogen and oxygen atoms in total. The number of nitriles is 1. The molecule has 2 aromatic carbocycles. The summed E-state index contributed by atoms with van der Waals surface area (Å²) in [6.45, 7) is 5.84. The molecule has 0 saturated carbocycles. The third kappa shape index (κ3) is 3.05. The Morgan fingerprint density at radius 3 is 2.12 bits per heavy atom. The summed E-state index contributed by atoms with van der Waals surface area (Å²) in [6, 6.07) is 18.0. The second kappa shape index (κ2) is 5.79. The maximum Gasteiger partial charge on any atom is 0.251 e. The highest BCUT2D eigenvalue weighted by Gasteiger charge is 2.34. The molecule has 2 aromatic rings. The van der Waals surface area contributed by atoms with Crippen LogP contribution < -0.4 is 5.32 Å². The van der Waals surface area contributed by atoms with Gasteiger partial charge in [-0.05, 0) is 62.4 Å². The van der Waals surface area contributed by atoms with E-state index in [9.17, 15) is 10.1 Å². The van der Waals surface area contributed by atoms with Crippen molar-refractivity contribution in [1.29, 1.82) is 5.26 Å². The number of carbonyl (C=O) groups excluding carboxylic acids is 1. The van der Waals surface area contributed by atoms with E-state index in [1.807, 2.05) is 38.1 Å². The summed E-state index contributed by atoms with van der Waals surface area (Å²) in [5.41, 5.74) is 3.38. The molecule has 0 unspecified atom stereocenters. The molecule has 0 spiro atoms. The molecular weight excluding hydrogens is 296 g/mol. The standard InChI is InChI=1S/C21H22N2O/c1-20(2,14-22)18-10-8-15(9-11-18)19(24)23-21(3)12-16-6-4-5-7-17(16)13-21/h4-11H,12-13H2,1-3H3,(H,23,24). The van der Waals surface area contributed by atoms with Gasteiger partial charge in [0.25, 0.3) is 5.91 Å². The molecule has 0 bridgehead atoms. The van der Waals surface area contributed by atoms with E-state index < -0.39 is 5.41 Å². The van der Waals surface area contributed by atoms with Crippen molar-refractivity contribution < 1.29 is 4.79 Å². The van der Waals surface area contributed by atoms with Gasteiger partial charge in [0.2, 0.25) is 0 Å². The molecule has 122 valence electrons. The van der Waals surface area contributed by atoms with E-state index in [2.05, 4.69) is 30.4 Å². The molecule has 3 heteroatoms. The first-order valence-corrected chi connectivity index (χ1v) is 8.24. The molecule has 1 aliphatic carbocycles. The maximum atomic E-state index is 12.6. The lowest BCUT2D eigenvalue weighted by molar-refractivity contribution is 0.0909. The van der Waals surface area contributed by atoms with Crippen LogP contribution in [0, 0.1) is 11.3 Å². The van der Waals surface area contributed by atoms with Gasteiger partial charge in [0, 0.05) is 11.1 Å². The Kier molecular flexibility index (Phi) is 3.93. The van der Waals surface area contributed by atoms with Crippen molar-refractivity contribution in [3.8, 4) is 6.07 Å². The van der Waals surface area contributed by atoms with E-state index in [4.69, 9.17) is 0 Å². The van der Waals surface area contributed by atoms with Crippen molar-refractivity contribution in [2.45, 2.75) is 44.6 Å². The minimum Gasteiger partial charge on any atom is -0.346 e. The first-order chi connectivity index (χ1) is 11.3. The van der Waals surface area contributed by atoms with Gasteiger partial charge < -0.3 is 5.32 Å². The molecule has 1 amide bonds. The van der Waals surface area contributed by atoms with E-state index in [0.717, 1.165) is 18.4 Å². The molecule has 0 radical (unpaired) electrons. The smallest absolute Gasteiger partial charge is 0.251 e. The van der Waals surface area contributed by atoms with Crippen molar-refractivity contribution >= 4 is 5.91 Å². The van der Waals surface area contributed by atoms with Gasteiger partial charge in [0.1, 0.15) is 0 Å². The summed E-state index contributed by atoms with van der Waals surface area (Å²) in [5.74, 6) is -0.0633. The SMILES string of the molecule is CC1(NC(=O)c2ccc(C(C)(C)C#N)cc2)Cc2ccccc2C1. The number of nitrogens with zero attached hydrogens (tertiary/aromatic N) is 1. The number of hydrogen-bond donors (Lipinski definition) is 1. The molecule has 3 rings (SSSR count). The first-order valence-electron chi connectivity index (χ1n) is 8.24. The van der Waals surface area contributed by atoms with Crippen LogP contribution in [-0.2, 0) is 18.3 Å². The minimum atomic E-state index is -0.548. The lowest BCUT2D eigenvalue weighted by Crippen LogP contribution is -2.46. The normalized spacial score (nSPS) is 15.4. The van der Waals surface area contributed by atoms with E-state index in [0.29, 0.717) is 5.56 Å². The van der Waals surface area contributed by atoms with Gasteiger partial charge in [-0.2, -0.15) is 5.26 Å². The lowest BCUT2D eigenvalue weighted by Gasteiger charge is -2.25. The van der Waals surface area contributed by atoms with Crippen molar-refractivity contribution in [2.75, 3.05) is 0 Å². The van der Waals surface area contributed by atoms with E-state index in [-0.39, 0.29) is 11.4 Å². The number of hydrogen-bond acceptors (Lipinski definition) is 2. The van der Waals surface area contributed by atoms with Gasteiger partial charge in [-0.1, -0.05) is 36.4 Å². The third-order valence-electron chi connectivity index (χ3n) is 4.84. The van der Waals surface area contributed by atoms with Crippen LogP contribution in [-0.4, -0.2) is 11.4 Å². The zero-order chi connectivity index (χ0) is 17.4. The number of benzene rings is 2. The molecule has 1 aliphatic rings. The Bertz CT molecular complexity index is 787. The van der Waals surface area contributed by atoms with Crippen molar-refractivity contribution in [2.24, 2.45) is 0 Å². The summed E-state index contributed by atoms with van der Waals surface area (Å²) in [5, 5.41) is 12.4. The Morgan fingerprint density at radius 2 is 1.62 bits per heavy atom. The van der Waals surface area contributed by atoms with Crippen LogP contribution in [0.25, 0.3) is 0 Å². The van der Waals surface area contributed by atoms with Gasteiger partial charge in [0.15, 0.2) is 0 Å². The molecule has 24 heavy (non-hydrogen) atoms. The van der Waals surface area contributed by atoms with Gasteiger partial charge in [-0.25, -0.2) is 0 Å². The molecule has 0 saturated heterocycles. The molecule has 0 fully saturated rings. The molecule has 1 N–H and O–H groups in total. The van der Waals surface area contributed by atoms with E-state index >= 15 is 0 Å². The molecular formula is C21H22N2O. The maximum absolute atomic E-state index is 12.6. The lowest BCUT2D eigenvalue weighted by atomic mass is 9.86. The van der Waals surface area contributed by atoms with Crippen LogP contribution in [0.4, 0.5) is 0 Å². The van der Waals surface area contributed by atoms with Crippen LogP contribution >= 0.6 is 0 Å². The minimum absolute atomic E-state index is 0.0633. The Hall–Kier alpha value is -2.60. The van der Waals surface area contributed by atoms with Crippen LogP contribution in [0.5, 0.6) is 0 Å². The van der Waals surface area contributed by atoms with Crippen LogP contribution in [0.15, 0.2) is 48.5 Å². The number of rotatable bonds is 3. The summed E-state index contributed by atoms with van der Waals surface area (Å²) < 4.78 is 0. The zero-order valence-corrected chi connectivity index (χ0v) is 14.4. The zero-order valence-electron chi connectivity index (χ0n) is 14.4. The van der Waals surface area contributed by atoms with Crippen molar-refractivity contribution in [3.05, 3.63) is 70.8 Å². The number of nitrogens with one attached hydrogen (secondary N) is 1. The molecule has 0 aromatic heterocycles. The van der Waals surface area contributed by atoms with Gasteiger partial charge in [0.05, 0.1) is 11.5 Å². The molecule has 0 heterocycles. The largest absolute Gasteiger partial charge is 0.346 e. The number of amides is 1. The highest BCUT2D eigenvalue weighted by Crippen LogP contribution is 2.30. The summed E-state index contributed by atoms with van der Waals surface area (Å²) >= 11 is 0. The number of carbonyl (C=O) groups is 1. The molecule has 0 atom stereocenters. The van der Waals surface area contributed by atoms with Crippen LogP contribution in [0.3, 0.4) is 0 Å². The second-order valence-electron chi connectivity index (χ2n) is 7.45. The van der Waals surface area contributed by atoms with Crippen molar-refractivity contribution in [3.63, 3.8) is 0 Å². The Balaban J connectivity index is 1.73. The fourth-order valence-electron chi connectivity index (χ4n) is 3.34. The summed E-state index contributed by atoms with van der Waals surface area (Å²) in [7, 11) is 0. The fourth-order valence-corrected chi connectivity index (χ4v) is 3.34. The highest BCUT2D eigenvalue weighted by atomic mass is 16.1. The first kappa shape index (κ1) is 16.3. The van der Waals surface area contributed by atoms with Gasteiger partial charge >= 0.3 is 0 Å². The fraction of sp³-hybridized carbons (Fsp3) is 0.333. The average Bonchev–Trinajstić information content (AvgIpc) is 2.90. The quantitative estimate of drug-likeness (QED) is 0.936. The predicted molar refractivity (Wildman–Crippen MR) is 94.8 cm³/mol. The predicted octanol–water partition coefficient (Wildman–Crippen LogP) is 3.78. The molecule has 0 aliphatic heterocycles. The topological polar surface area (TPSA) is 52.9 Å². The van der Waals surface area contributed by atoms with E-state index in [1.165, 1.54) is 11.1 Å². The van der Waals surface area contributed by atoms with Crippen LogP contribution in [0.2, 0.25) is 0 Å². The summed E-state index contributed by atoms with van der Waals surface area (Å²) in [4.78, 5) is 12.6. The van der Waals surface area contributed by atoms with E-state index in [1.54, 1.807) is 12.1 Å². The Labute approximate surface area is 143 Å².